The van der Waals surface area contributed by atoms with Gasteiger partial charge in [-0.2, -0.15) is 0 Å². The van der Waals surface area contributed by atoms with E-state index in [1.54, 1.807) is 18.2 Å². The number of thiazole rings is 1. The van der Waals surface area contributed by atoms with E-state index in [-0.39, 0.29) is 5.91 Å². The number of benzene rings is 2. The van der Waals surface area contributed by atoms with Crippen LogP contribution in [-0.4, -0.2) is 10.9 Å². The average Bonchev–Trinajstić information content (AvgIpc) is 2.87. The number of carbonyl (C=O) groups is 1. The smallest absolute Gasteiger partial charge is 0.257 e. The zero-order chi connectivity index (χ0) is 16.6. The van der Waals surface area contributed by atoms with Crippen LogP contribution >= 0.6 is 34.5 Å². The molecule has 1 aromatic heterocycles. The summed E-state index contributed by atoms with van der Waals surface area (Å²) < 4.78 is 1.05. The second kappa shape index (κ2) is 6.48. The Hall–Kier alpha value is -1.62. The van der Waals surface area contributed by atoms with Gasteiger partial charge in [-0.15, -0.1) is 0 Å². The fourth-order valence-corrected chi connectivity index (χ4v) is 3.64. The molecule has 1 amide bonds. The minimum Gasteiger partial charge on any atom is -0.298 e. The molecule has 0 aliphatic rings. The van der Waals surface area contributed by atoms with Gasteiger partial charge in [0.25, 0.3) is 5.91 Å². The molecule has 6 heteroatoms. The standard InChI is InChI=1S/C17H14Cl2N2OS/c1-9(2)10-3-4-14-15(7-10)23-17(20-14)21-16(22)11-5-12(18)8-13(19)6-11/h3-9H,1-2H3,(H,20,21,22). The first kappa shape index (κ1) is 16.2. The molecule has 1 heterocycles. The molecule has 118 valence electrons. The SMILES string of the molecule is CC(C)c1ccc2nc(NC(=O)c3cc(Cl)cc(Cl)c3)sc2c1. The van der Waals surface area contributed by atoms with E-state index in [2.05, 4.69) is 36.3 Å². The fraction of sp³-hybridized carbons (Fsp3) is 0.176. The van der Waals surface area contributed by atoms with Crippen LogP contribution in [0.2, 0.25) is 10.0 Å². The summed E-state index contributed by atoms with van der Waals surface area (Å²) in [7, 11) is 0. The van der Waals surface area contributed by atoms with Crippen LogP contribution in [0.3, 0.4) is 0 Å². The minimum absolute atomic E-state index is 0.280. The van der Waals surface area contributed by atoms with E-state index in [9.17, 15) is 4.79 Å². The first-order chi connectivity index (χ1) is 10.9. The zero-order valence-electron chi connectivity index (χ0n) is 12.6. The van der Waals surface area contributed by atoms with Crippen molar-refractivity contribution in [2.75, 3.05) is 5.32 Å². The number of nitrogens with zero attached hydrogens (tertiary/aromatic N) is 1. The van der Waals surface area contributed by atoms with E-state index in [1.807, 2.05) is 6.07 Å². The first-order valence-corrected chi connectivity index (χ1v) is 8.67. The van der Waals surface area contributed by atoms with Crippen molar-refractivity contribution in [3.8, 4) is 0 Å². The Morgan fingerprint density at radius 2 is 1.83 bits per heavy atom. The van der Waals surface area contributed by atoms with Crippen LogP contribution in [0.4, 0.5) is 5.13 Å². The lowest BCUT2D eigenvalue weighted by Crippen LogP contribution is -2.11. The number of amides is 1. The molecular weight excluding hydrogens is 351 g/mol. The molecule has 0 bridgehead atoms. The van der Waals surface area contributed by atoms with Crippen molar-refractivity contribution >= 4 is 55.8 Å². The third kappa shape index (κ3) is 3.66. The maximum atomic E-state index is 12.3. The number of halogens is 2. The molecule has 0 spiro atoms. The molecule has 0 aliphatic carbocycles. The van der Waals surface area contributed by atoms with Gasteiger partial charge < -0.3 is 0 Å². The molecule has 0 unspecified atom stereocenters. The van der Waals surface area contributed by atoms with E-state index in [4.69, 9.17) is 23.2 Å². The van der Waals surface area contributed by atoms with Crippen molar-refractivity contribution in [3.05, 3.63) is 57.6 Å². The number of hydrogen-bond acceptors (Lipinski definition) is 3. The van der Waals surface area contributed by atoms with Gasteiger partial charge in [-0.3, -0.25) is 10.1 Å². The van der Waals surface area contributed by atoms with Crippen LogP contribution < -0.4 is 5.32 Å². The van der Waals surface area contributed by atoms with E-state index in [0.29, 0.717) is 26.7 Å². The van der Waals surface area contributed by atoms with Gasteiger partial charge in [0.2, 0.25) is 0 Å². The predicted molar refractivity (Wildman–Crippen MR) is 98.1 cm³/mol. The minimum atomic E-state index is -0.280. The van der Waals surface area contributed by atoms with Crippen LogP contribution in [0.25, 0.3) is 10.2 Å². The largest absolute Gasteiger partial charge is 0.298 e. The van der Waals surface area contributed by atoms with Gasteiger partial charge in [-0.25, -0.2) is 4.98 Å². The molecule has 0 aliphatic heterocycles. The molecule has 0 saturated carbocycles. The summed E-state index contributed by atoms with van der Waals surface area (Å²) in [6, 6.07) is 10.9. The molecular formula is C17H14Cl2N2OS. The van der Waals surface area contributed by atoms with Gasteiger partial charge in [0, 0.05) is 15.6 Å². The first-order valence-electron chi connectivity index (χ1n) is 7.10. The lowest BCUT2D eigenvalue weighted by atomic mass is 10.0. The van der Waals surface area contributed by atoms with Gasteiger partial charge in [0.1, 0.15) is 0 Å². The third-order valence-corrected chi connectivity index (χ3v) is 4.79. The quantitative estimate of drug-likeness (QED) is 0.620. The van der Waals surface area contributed by atoms with Crippen molar-refractivity contribution in [1.29, 1.82) is 0 Å². The number of aromatic nitrogens is 1. The van der Waals surface area contributed by atoms with Crippen LogP contribution in [0.15, 0.2) is 36.4 Å². The maximum Gasteiger partial charge on any atom is 0.257 e. The number of nitrogens with one attached hydrogen (secondary N) is 1. The normalized spacial score (nSPS) is 11.2. The molecule has 0 fully saturated rings. The summed E-state index contributed by atoms with van der Waals surface area (Å²) in [5, 5.41) is 4.21. The summed E-state index contributed by atoms with van der Waals surface area (Å²) in [6.07, 6.45) is 0. The van der Waals surface area contributed by atoms with Crippen molar-refractivity contribution in [1.82, 2.24) is 4.98 Å². The lowest BCUT2D eigenvalue weighted by molar-refractivity contribution is 0.102. The Morgan fingerprint density at radius 1 is 1.13 bits per heavy atom. The van der Waals surface area contributed by atoms with Crippen LogP contribution in [0.5, 0.6) is 0 Å². The monoisotopic (exact) mass is 364 g/mol. The van der Waals surface area contributed by atoms with Crippen molar-refractivity contribution in [3.63, 3.8) is 0 Å². The number of carbonyl (C=O) groups excluding carboxylic acids is 1. The number of rotatable bonds is 3. The fourth-order valence-electron chi connectivity index (χ4n) is 2.21. The van der Waals surface area contributed by atoms with Crippen LogP contribution in [0, 0.1) is 0 Å². The van der Waals surface area contributed by atoms with Crippen molar-refractivity contribution in [2.24, 2.45) is 0 Å². The number of fused-ring (bicyclic) bond motifs is 1. The summed E-state index contributed by atoms with van der Waals surface area (Å²) in [4.78, 5) is 16.8. The Bertz CT molecular complexity index is 869. The van der Waals surface area contributed by atoms with Gasteiger partial charge in [0.15, 0.2) is 5.13 Å². The Kier molecular flexibility index (Phi) is 4.57. The van der Waals surface area contributed by atoms with E-state index < -0.39 is 0 Å². The Morgan fingerprint density at radius 3 is 2.48 bits per heavy atom. The maximum absolute atomic E-state index is 12.3. The van der Waals surface area contributed by atoms with E-state index in [0.717, 1.165) is 10.2 Å². The molecule has 3 nitrogen and oxygen atoms in total. The molecule has 23 heavy (non-hydrogen) atoms. The summed E-state index contributed by atoms with van der Waals surface area (Å²) >= 11 is 13.3. The topological polar surface area (TPSA) is 42.0 Å². The van der Waals surface area contributed by atoms with Gasteiger partial charge in [-0.1, -0.05) is 54.5 Å². The predicted octanol–water partition coefficient (Wildman–Crippen LogP) is 5.98. The van der Waals surface area contributed by atoms with Crippen molar-refractivity contribution < 1.29 is 4.79 Å². The zero-order valence-corrected chi connectivity index (χ0v) is 14.9. The highest BCUT2D eigenvalue weighted by atomic mass is 35.5. The van der Waals surface area contributed by atoms with Crippen LogP contribution in [0.1, 0.15) is 35.7 Å². The second-order valence-electron chi connectivity index (χ2n) is 5.51. The highest BCUT2D eigenvalue weighted by molar-refractivity contribution is 7.22. The Balaban J connectivity index is 1.87. The van der Waals surface area contributed by atoms with Gasteiger partial charge in [0.05, 0.1) is 10.2 Å². The second-order valence-corrected chi connectivity index (χ2v) is 7.42. The highest BCUT2D eigenvalue weighted by Crippen LogP contribution is 2.29. The lowest BCUT2D eigenvalue weighted by Gasteiger charge is -2.03. The molecule has 2 aromatic carbocycles. The summed E-state index contributed by atoms with van der Waals surface area (Å²) in [5.41, 5.74) is 2.53. The number of hydrogen-bond donors (Lipinski definition) is 1. The van der Waals surface area contributed by atoms with E-state index in [1.165, 1.54) is 16.9 Å². The molecule has 0 saturated heterocycles. The molecule has 3 rings (SSSR count). The van der Waals surface area contributed by atoms with Gasteiger partial charge in [-0.05, 0) is 41.8 Å². The molecule has 0 atom stereocenters. The van der Waals surface area contributed by atoms with Crippen LogP contribution in [-0.2, 0) is 0 Å². The highest BCUT2D eigenvalue weighted by Gasteiger charge is 2.12. The number of anilines is 1. The average molecular weight is 365 g/mol. The molecule has 0 radical (unpaired) electrons. The van der Waals surface area contributed by atoms with Gasteiger partial charge >= 0.3 is 0 Å². The third-order valence-electron chi connectivity index (χ3n) is 3.42. The molecule has 1 N–H and O–H groups in total. The molecule has 3 aromatic rings. The van der Waals surface area contributed by atoms with E-state index >= 15 is 0 Å². The Labute approximate surface area is 148 Å². The summed E-state index contributed by atoms with van der Waals surface area (Å²) in [5.74, 6) is 0.172. The van der Waals surface area contributed by atoms with Crippen molar-refractivity contribution in [2.45, 2.75) is 19.8 Å². The summed E-state index contributed by atoms with van der Waals surface area (Å²) in [6.45, 7) is 4.29.